The molecule has 1 amide bonds. The van der Waals surface area contributed by atoms with Crippen LogP contribution < -0.4 is 5.32 Å². The van der Waals surface area contributed by atoms with E-state index in [0.717, 1.165) is 36.0 Å². The highest BCUT2D eigenvalue weighted by Gasteiger charge is 2.21. The van der Waals surface area contributed by atoms with Gasteiger partial charge in [-0.2, -0.15) is 0 Å². The zero-order chi connectivity index (χ0) is 18.5. The Morgan fingerprint density at radius 1 is 0.962 bits per heavy atom. The van der Waals surface area contributed by atoms with E-state index in [9.17, 15) is 9.59 Å². The summed E-state index contributed by atoms with van der Waals surface area (Å²) in [6.07, 6.45) is 2.74. The van der Waals surface area contributed by atoms with Crippen LogP contribution in [0.3, 0.4) is 0 Å². The van der Waals surface area contributed by atoms with Crippen LogP contribution >= 0.6 is 0 Å². The summed E-state index contributed by atoms with van der Waals surface area (Å²) in [7, 11) is 0. The molecule has 3 aromatic rings. The minimum atomic E-state index is -0.135. The van der Waals surface area contributed by atoms with E-state index in [2.05, 4.69) is 12.2 Å². The van der Waals surface area contributed by atoms with Gasteiger partial charge >= 0.3 is 0 Å². The van der Waals surface area contributed by atoms with E-state index in [1.165, 1.54) is 0 Å². The first kappa shape index (κ1) is 17.9. The summed E-state index contributed by atoms with van der Waals surface area (Å²) in [5.41, 5.74) is 2.48. The van der Waals surface area contributed by atoms with Crippen molar-refractivity contribution in [2.75, 3.05) is 6.54 Å². The highest BCUT2D eigenvalue weighted by Crippen LogP contribution is 2.29. The van der Waals surface area contributed by atoms with E-state index in [0.29, 0.717) is 23.2 Å². The Kier molecular flexibility index (Phi) is 5.52. The predicted molar refractivity (Wildman–Crippen MR) is 103 cm³/mol. The van der Waals surface area contributed by atoms with E-state index in [1.807, 2.05) is 31.2 Å². The third-order valence-corrected chi connectivity index (χ3v) is 4.40. The smallest absolute Gasteiger partial charge is 0.251 e. The molecule has 4 nitrogen and oxygen atoms in total. The van der Waals surface area contributed by atoms with Crippen molar-refractivity contribution in [3.05, 3.63) is 71.0 Å². The standard InChI is InChI=1S/C22H23NO3/c1-3-5-9-19-20(17-8-6-7-10-18(17)26-19)21(24)15-11-13-16(14-12-15)22(25)23-4-2/h6-8,10-14H,3-5,9H2,1-2H3,(H,23,25). The van der Waals surface area contributed by atoms with Gasteiger partial charge in [0.2, 0.25) is 0 Å². The number of furan rings is 1. The molecule has 0 saturated carbocycles. The van der Waals surface area contributed by atoms with Gasteiger partial charge in [0.15, 0.2) is 5.78 Å². The van der Waals surface area contributed by atoms with Gasteiger partial charge in [0.25, 0.3) is 5.91 Å². The zero-order valence-corrected chi connectivity index (χ0v) is 15.2. The number of hydrogen-bond donors (Lipinski definition) is 1. The first-order valence-electron chi connectivity index (χ1n) is 9.09. The van der Waals surface area contributed by atoms with Crippen molar-refractivity contribution in [1.29, 1.82) is 0 Å². The lowest BCUT2D eigenvalue weighted by atomic mass is 9.97. The largest absolute Gasteiger partial charge is 0.460 e. The third kappa shape index (κ3) is 3.54. The van der Waals surface area contributed by atoms with E-state index in [-0.39, 0.29) is 11.7 Å². The van der Waals surface area contributed by atoms with Crippen LogP contribution in [0.15, 0.2) is 52.9 Å². The molecule has 2 aromatic carbocycles. The molecule has 0 unspecified atom stereocenters. The number of benzene rings is 2. The summed E-state index contributed by atoms with van der Waals surface area (Å²) in [5.74, 6) is 0.540. The fourth-order valence-corrected chi connectivity index (χ4v) is 3.04. The van der Waals surface area contributed by atoms with E-state index >= 15 is 0 Å². The van der Waals surface area contributed by atoms with Gasteiger partial charge in [-0.25, -0.2) is 0 Å². The van der Waals surface area contributed by atoms with Crippen LogP contribution in [0.5, 0.6) is 0 Å². The molecule has 0 saturated heterocycles. The van der Waals surface area contributed by atoms with Crippen LogP contribution in [0.1, 0.15) is 58.7 Å². The second-order valence-electron chi connectivity index (χ2n) is 6.27. The van der Waals surface area contributed by atoms with E-state index in [4.69, 9.17) is 4.42 Å². The molecule has 1 N–H and O–H groups in total. The summed E-state index contributed by atoms with van der Waals surface area (Å²) >= 11 is 0. The maximum atomic E-state index is 13.2. The first-order chi connectivity index (χ1) is 12.7. The molecule has 3 rings (SSSR count). The maximum absolute atomic E-state index is 13.2. The molecule has 0 aliphatic rings. The number of fused-ring (bicyclic) bond motifs is 1. The van der Waals surface area contributed by atoms with Gasteiger partial charge < -0.3 is 9.73 Å². The van der Waals surface area contributed by atoms with Crippen molar-refractivity contribution in [2.45, 2.75) is 33.1 Å². The van der Waals surface area contributed by atoms with Crippen LogP contribution in [0.25, 0.3) is 11.0 Å². The number of amides is 1. The van der Waals surface area contributed by atoms with Gasteiger partial charge in [-0.15, -0.1) is 0 Å². The molecule has 0 aliphatic heterocycles. The highest BCUT2D eigenvalue weighted by molar-refractivity contribution is 6.17. The Morgan fingerprint density at radius 2 is 1.65 bits per heavy atom. The van der Waals surface area contributed by atoms with Crippen LogP contribution in [-0.2, 0) is 6.42 Å². The summed E-state index contributed by atoms with van der Waals surface area (Å²) in [6.45, 7) is 4.56. The summed E-state index contributed by atoms with van der Waals surface area (Å²) in [4.78, 5) is 25.0. The maximum Gasteiger partial charge on any atom is 0.251 e. The molecular weight excluding hydrogens is 326 g/mol. The van der Waals surface area contributed by atoms with Crippen molar-refractivity contribution in [2.24, 2.45) is 0 Å². The number of aryl methyl sites for hydroxylation is 1. The number of nitrogens with one attached hydrogen (secondary N) is 1. The molecular formula is C22H23NO3. The second kappa shape index (κ2) is 8.00. The number of para-hydroxylation sites is 1. The van der Waals surface area contributed by atoms with Crippen LogP contribution in [0.4, 0.5) is 0 Å². The second-order valence-corrected chi connectivity index (χ2v) is 6.27. The SMILES string of the molecule is CCCCc1oc2ccccc2c1C(=O)c1ccc(C(=O)NCC)cc1. The van der Waals surface area contributed by atoms with Crippen molar-refractivity contribution >= 4 is 22.7 Å². The van der Waals surface area contributed by atoms with Crippen LogP contribution in [0, 0.1) is 0 Å². The molecule has 0 bridgehead atoms. The lowest BCUT2D eigenvalue weighted by molar-refractivity contribution is 0.0954. The van der Waals surface area contributed by atoms with Gasteiger partial charge in [0.1, 0.15) is 11.3 Å². The summed E-state index contributed by atoms with van der Waals surface area (Å²) in [5, 5.41) is 3.60. The van der Waals surface area contributed by atoms with Gasteiger partial charge in [-0.05, 0) is 31.5 Å². The number of hydrogen-bond acceptors (Lipinski definition) is 3. The number of rotatable bonds is 7. The number of ketones is 1. The Labute approximate surface area is 153 Å². The molecule has 0 spiro atoms. The number of carbonyl (C=O) groups is 2. The Balaban J connectivity index is 1.97. The van der Waals surface area contributed by atoms with Crippen LogP contribution in [-0.4, -0.2) is 18.2 Å². The van der Waals surface area contributed by atoms with E-state index in [1.54, 1.807) is 24.3 Å². The third-order valence-electron chi connectivity index (χ3n) is 4.40. The lowest BCUT2D eigenvalue weighted by Gasteiger charge is -2.05. The minimum absolute atomic E-state index is 0.0662. The molecule has 134 valence electrons. The average Bonchev–Trinajstić information content (AvgIpc) is 3.04. The molecule has 0 aliphatic carbocycles. The van der Waals surface area contributed by atoms with Crippen molar-refractivity contribution < 1.29 is 14.0 Å². The molecule has 0 fully saturated rings. The quantitative estimate of drug-likeness (QED) is 0.626. The molecule has 0 radical (unpaired) electrons. The summed E-state index contributed by atoms with van der Waals surface area (Å²) in [6, 6.07) is 14.4. The lowest BCUT2D eigenvalue weighted by Crippen LogP contribution is -2.22. The molecule has 1 aromatic heterocycles. The van der Waals surface area contributed by atoms with Gasteiger partial charge in [0.05, 0.1) is 5.56 Å². The fraction of sp³-hybridized carbons (Fsp3) is 0.273. The summed E-state index contributed by atoms with van der Waals surface area (Å²) < 4.78 is 5.95. The molecule has 26 heavy (non-hydrogen) atoms. The van der Waals surface area contributed by atoms with E-state index < -0.39 is 0 Å². The minimum Gasteiger partial charge on any atom is -0.460 e. The number of unbranched alkanes of at least 4 members (excludes halogenated alkanes) is 1. The zero-order valence-electron chi connectivity index (χ0n) is 15.2. The Hall–Kier alpha value is -2.88. The fourth-order valence-electron chi connectivity index (χ4n) is 3.04. The molecule has 1 heterocycles. The topological polar surface area (TPSA) is 59.3 Å². The predicted octanol–water partition coefficient (Wildman–Crippen LogP) is 4.76. The normalized spacial score (nSPS) is 10.8. The molecule has 0 atom stereocenters. The average molecular weight is 349 g/mol. The van der Waals surface area contributed by atoms with Crippen molar-refractivity contribution in [3.8, 4) is 0 Å². The highest BCUT2D eigenvalue weighted by atomic mass is 16.3. The van der Waals surface area contributed by atoms with Gasteiger partial charge in [0, 0.05) is 29.5 Å². The first-order valence-corrected chi connectivity index (χ1v) is 9.09. The molecule has 4 heteroatoms. The van der Waals surface area contributed by atoms with Gasteiger partial charge in [-0.3, -0.25) is 9.59 Å². The number of carbonyl (C=O) groups excluding carboxylic acids is 2. The van der Waals surface area contributed by atoms with Gasteiger partial charge in [-0.1, -0.05) is 43.7 Å². The van der Waals surface area contributed by atoms with Crippen LogP contribution in [0.2, 0.25) is 0 Å². The Bertz CT molecular complexity index is 922. The monoisotopic (exact) mass is 349 g/mol. The Morgan fingerprint density at radius 3 is 2.35 bits per heavy atom. The van der Waals surface area contributed by atoms with Crippen molar-refractivity contribution in [3.63, 3.8) is 0 Å². The van der Waals surface area contributed by atoms with Crippen molar-refractivity contribution in [1.82, 2.24) is 5.32 Å².